The summed E-state index contributed by atoms with van der Waals surface area (Å²) in [6.07, 6.45) is 6.06. The molecule has 0 spiro atoms. The number of rotatable bonds is 3. The van der Waals surface area contributed by atoms with Crippen LogP contribution in [0, 0.1) is 17.8 Å². The van der Waals surface area contributed by atoms with E-state index in [0.29, 0.717) is 0 Å². The van der Waals surface area contributed by atoms with E-state index in [0.717, 1.165) is 35.4 Å². The van der Waals surface area contributed by atoms with E-state index in [-0.39, 0.29) is 6.10 Å². The number of fused-ring (bicyclic) bond motifs is 2. The van der Waals surface area contributed by atoms with Crippen LogP contribution in [0.3, 0.4) is 0 Å². The highest BCUT2D eigenvalue weighted by atomic mass is 16.3. The molecule has 1 aromatic carbocycles. The third-order valence-electron chi connectivity index (χ3n) is 4.77. The second kappa shape index (κ2) is 4.34. The molecule has 0 saturated heterocycles. The van der Waals surface area contributed by atoms with Crippen molar-refractivity contribution in [3.63, 3.8) is 0 Å². The molecular formula is C15H21NO. The predicted molar refractivity (Wildman–Crippen MR) is 69.4 cm³/mol. The van der Waals surface area contributed by atoms with E-state index in [1.165, 1.54) is 25.7 Å². The van der Waals surface area contributed by atoms with E-state index in [1.54, 1.807) is 0 Å². The highest BCUT2D eigenvalue weighted by Gasteiger charge is 2.40. The first-order chi connectivity index (χ1) is 8.24. The van der Waals surface area contributed by atoms with E-state index in [9.17, 15) is 5.11 Å². The summed E-state index contributed by atoms with van der Waals surface area (Å²) >= 11 is 0. The van der Waals surface area contributed by atoms with Crippen molar-refractivity contribution in [3.05, 3.63) is 29.8 Å². The molecule has 2 heteroatoms. The second-order valence-corrected chi connectivity index (χ2v) is 5.82. The summed E-state index contributed by atoms with van der Waals surface area (Å²) < 4.78 is 0. The molecule has 4 atom stereocenters. The van der Waals surface area contributed by atoms with E-state index in [2.05, 4.69) is 0 Å². The van der Waals surface area contributed by atoms with Crippen LogP contribution in [0.2, 0.25) is 0 Å². The van der Waals surface area contributed by atoms with Gasteiger partial charge in [0.2, 0.25) is 0 Å². The van der Waals surface area contributed by atoms with Crippen molar-refractivity contribution in [2.24, 2.45) is 17.8 Å². The Balaban J connectivity index is 1.68. The minimum Gasteiger partial charge on any atom is -0.398 e. The number of aliphatic hydroxyl groups is 1. The fourth-order valence-electron chi connectivity index (χ4n) is 3.89. The van der Waals surface area contributed by atoms with Crippen LogP contribution in [0.1, 0.15) is 43.8 Å². The molecule has 2 aliphatic rings. The number of nitrogen functional groups attached to an aromatic ring is 1. The summed E-state index contributed by atoms with van der Waals surface area (Å²) in [5.41, 5.74) is 7.55. The van der Waals surface area contributed by atoms with Crippen LogP contribution in [0.5, 0.6) is 0 Å². The largest absolute Gasteiger partial charge is 0.398 e. The maximum Gasteiger partial charge on any atom is 0.0812 e. The molecule has 2 bridgehead atoms. The van der Waals surface area contributed by atoms with Gasteiger partial charge in [0.05, 0.1) is 6.10 Å². The van der Waals surface area contributed by atoms with Crippen molar-refractivity contribution in [2.45, 2.75) is 38.2 Å². The van der Waals surface area contributed by atoms with E-state index in [4.69, 9.17) is 5.73 Å². The lowest BCUT2D eigenvalue weighted by molar-refractivity contribution is 0.126. The fraction of sp³-hybridized carbons (Fsp3) is 0.600. The van der Waals surface area contributed by atoms with Crippen LogP contribution in [-0.2, 0) is 0 Å². The van der Waals surface area contributed by atoms with Crippen molar-refractivity contribution < 1.29 is 5.11 Å². The lowest BCUT2D eigenvalue weighted by atomic mass is 9.83. The average molecular weight is 231 g/mol. The number of para-hydroxylation sites is 1. The lowest BCUT2D eigenvalue weighted by Crippen LogP contribution is -2.15. The van der Waals surface area contributed by atoms with Crippen LogP contribution in [0.4, 0.5) is 5.69 Å². The maximum atomic E-state index is 10.3. The minimum absolute atomic E-state index is 0.374. The van der Waals surface area contributed by atoms with E-state index in [1.807, 2.05) is 24.3 Å². The van der Waals surface area contributed by atoms with Crippen LogP contribution in [0.25, 0.3) is 0 Å². The molecular weight excluding hydrogens is 210 g/mol. The first-order valence-corrected chi connectivity index (χ1v) is 6.76. The van der Waals surface area contributed by atoms with Crippen LogP contribution in [-0.4, -0.2) is 5.11 Å². The van der Waals surface area contributed by atoms with Crippen molar-refractivity contribution >= 4 is 5.69 Å². The third-order valence-corrected chi connectivity index (χ3v) is 4.77. The lowest BCUT2D eigenvalue weighted by Gasteiger charge is -2.24. The number of benzene rings is 1. The Morgan fingerprint density at radius 2 is 2.06 bits per heavy atom. The Bertz CT molecular complexity index is 404. The molecule has 4 unspecified atom stereocenters. The number of anilines is 1. The molecule has 17 heavy (non-hydrogen) atoms. The van der Waals surface area contributed by atoms with Gasteiger partial charge >= 0.3 is 0 Å². The van der Waals surface area contributed by atoms with E-state index >= 15 is 0 Å². The topological polar surface area (TPSA) is 46.2 Å². The molecule has 92 valence electrons. The van der Waals surface area contributed by atoms with Crippen molar-refractivity contribution in [1.29, 1.82) is 0 Å². The Hall–Kier alpha value is -1.02. The van der Waals surface area contributed by atoms with Crippen LogP contribution in [0.15, 0.2) is 24.3 Å². The summed E-state index contributed by atoms with van der Waals surface area (Å²) in [5.74, 6) is 2.55. The number of nitrogens with two attached hydrogens (primary N) is 1. The van der Waals surface area contributed by atoms with E-state index < -0.39 is 0 Å². The normalized spacial score (nSPS) is 32.9. The zero-order valence-corrected chi connectivity index (χ0v) is 10.2. The standard InChI is InChI=1S/C15H21NO/c16-14-4-2-1-3-13(14)15(17)9-12-8-10-5-6-11(12)7-10/h1-4,10-12,15,17H,5-9,16H2. The van der Waals surface area contributed by atoms with Crippen molar-refractivity contribution in [1.82, 2.24) is 0 Å². The van der Waals surface area contributed by atoms with Gasteiger partial charge in [0.25, 0.3) is 0 Å². The first kappa shape index (κ1) is 11.1. The van der Waals surface area contributed by atoms with Gasteiger partial charge in [0, 0.05) is 11.3 Å². The van der Waals surface area contributed by atoms with Gasteiger partial charge in [0.15, 0.2) is 0 Å². The van der Waals surface area contributed by atoms with Crippen LogP contribution >= 0.6 is 0 Å². The third kappa shape index (κ3) is 2.06. The highest BCUT2D eigenvalue weighted by molar-refractivity contribution is 5.47. The number of hydrogen-bond acceptors (Lipinski definition) is 2. The van der Waals surface area contributed by atoms with Gasteiger partial charge in [0.1, 0.15) is 0 Å². The van der Waals surface area contributed by atoms with Crippen molar-refractivity contribution in [2.75, 3.05) is 5.73 Å². The number of aliphatic hydroxyl groups excluding tert-OH is 1. The molecule has 0 heterocycles. The summed E-state index contributed by atoms with van der Waals surface area (Å²) in [5, 5.41) is 10.3. The summed E-state index contributed by atoms with van der Waals surface area (Å²) in [6.45, 7) is 0. The molecule has 0 aliphatic heterocycles. The Kier molecular flexibility index (Phi) is 2.83. The van der Waals surface area contributed by atoms with Crippen LogP contribution < -0.4 is 5.73 Å². The molecule has 3 rings (SSSR count). The summed E-state index contributed by atoms with van der Waals surface area (Å²) in [6, 6.07) is 7.70. The molecule has 0 radical (unpaired) electrons. The first-order valence-electron chi connectivity index (χ1n) is 6.76. The van der Waals surface area contributed by atoms with Gasteiger partial charge in [-0.25, -0.2) is 0 Å². The number of hydrogen-bond donors (Lipinski definition) is 2. The Morgan fingerprint density at radius 3 is 2.71 bits per heavy atom. The summed E-state index contributed by atoms with van der Waals surface area (Å²) in [7, 11) is 0. The minimum atomic E-state index is -0.374. The van der Waals surface area contributed by atoms with Gasteiger partial charge in [-0.15, -0.1) is 0 Å². The zero-order chi connectivity index (χ0) is 11.8. The van der Waals surface area contributed by atoms with Gasteiger partial charge in [-0.05, 0) is 49.5 Å². The Labute approximate surface area is 103 Å². The monoisotopic (exact) mass is 231 g/mol. The molecule has 2 saturated carbocycles. The maximum absolute atomic E-state index is 10.3. The van der Waals surface area contributed by atoms with Gasteiger partial charge in [-0.3, -0.25) is 0 Å². The molecule has 2 fully saturated rings. The highest BCUT2D eigenvalue weighted by Crippen LogP contribution is 2.51. The fourth-order valence-corrected chi connectivity index (χ4v) is 3.89. The average Bonchev–Trinajstić information content (AvgIpc) is 2.91. The quantitative estimate of drug-likeness (QED) is 0.785. The van der Waals surface area contributed by atoms with Gasteiger partial charge in [-0.2, -0.15) is 0 Å². The molecule has 3 N–H and O–H groups in total. The summed E-state index contributed by atoms with van der Waals surface area (Å²) in [4.78, 5) is 0. The molecule has 0 amide bonds. The zero-order valence-electron chi connectivity index (χ0n) is 10.2. The van der Waals surface area contributed by atoms with Gasteiger partial charge < -0.3 is 10.8 Å². The Morgan fingerprint density at radius 1 is 1.24 bits per heavy atom. The SMILES string of the molecule is Nc1ccccc1C(O)CC1CC2CCC1C2. The molecule has 2 aliphatic carbocycles. The molecule has 2 nitrogen and oxygen atoms in total. The predicted octanol–water partition coefficient (Wildman–Crippen LogP) is 3.13. The molecule has 1 aromatic rings. The van der Waals surface area contributed by atoms with Crippen molar-refractivity contribution in [3.8, 4) is 0 Å². The van der Waals surface area contributed by atoms with Gasteiger partial charge in [-0.1, -0.05) is 24.6 Å². The smallest absolute Gasteiger partial charge is 0.0812 e. The second-order valence-electron chi connectivity index (χ2n) is 5.82. The molecule has 0 aromatic heterocycles.